The first kappa shape index (κ1) is 41.6. The monoisotopic (exact) mass is 944 g/mol. The molecule has 0 atom stereocenters. The summed E-state index contributed by atoms with van der Waals surface area (Å²) < 4.78 is 4.59. The summed E-state index contributed by atoms with van der Waals surface area (Å²) in [7, 11) is 0. The van der Waals surface area contributed by atoms with Gasteiger partial charge in [-0.1, -0.05) is 206 Å². The van der Waals surface area contributed by atoms with E-state index in [0.717, 1.165) is 82.5 Å². The van der Waals surface area contributed by atoms with E-state index in [2.05, 4.69) is 173 Å². The van der Waals surface area contributed by atoms with Crippen LogP contribution >= 0.6 is 0 Å². The second-order valence-electron chi connectivity index (χ2n) is 18.6. The number of hydrogen-bond donors (Lipinski definition) is 0. The van der Waals surface area contributed by atoms with Crippen molar-refractivity contribution in [2.24, 2.45) is 0 Å². The van der Waals surface area contributed by atoms with Crippen LogP contribution in [0.2, 0.25) is 0 Å². The van der Waals surface area contributed by atoms with Crippen LogP contribution in [0.1, 0.15) is 0 Å². The molecule has 0 aliphatic carbocycles. The van der Waals surface area contributed by atoms with E-state index in [1.54, 1.807) is 0 Å². The quantitative estimate of drug-likeness (QED) is 0.148. The molecular formula is C66H40N8. The molecule has 0 radical (unpaired) electrons. The summed E-state index contributed by atoms with van der Waals surface area (Å²) in [5.74, 6) is 3.55. The van der Waals surface area contributed by atoms with Gasteiger partial charge in [-0.05, 0) is 68.7 Å². The van der Waals surface area contributed by atoms with Crippen molar-refractivity contribution in [3.8, 4) is 68.6 Å². The molecular weight excluding hydrogens is 905 g/mol. The Hall–Kier alpha value is -10.2. The molecule has 0 N–H and O–H groups in total. The zero-order valence-electron chi connectivity index (χ0n) is 39.7. The van der Waals surface area contributed by atoms with Gasteiger partial charge in [-0.3, -0.25) is 4.57 Å². The molecule has 4 heterocycles. The third kappa shape index (κ3) is 6.62. The van der Waals surface area contributed by atoms with Crippen molar-refractivity contribution in [2.75, 3.05) is 0 Å². The first-order chi connectivity index (χ1) is 36.7. The minimum absolute atomic E-state index is 0.544. The Balaban J connectivity index is 0.942. The van der Waals surface area contributed by atoms with Crippen LogP contribution in [0.25, 0.3) is 145 Å². The molecule has 0 aliphatic rings. The summed E-state index contributed by atoms with van der Waals surface area (Å²) in [6, 6.07) is 84.6. The fraction of sp³-hybridized carbons (Fsp3) is 0. The minimum Gasteiger partial charge on any atom is -0.309 e. The molecule has 0 bridgehead atoms. The van der Waals surface area contributed by atoms with Crippen molar-refractivity contribution in [1.82, 2.24) is 39.0 Å². The zero-order chi connectivity index (χ0) is 48.7. The van der Waals surface area contributed by atoms with E-state index in [1.807, 2.05) is 78.9 Å². The molecule has 11 aromatic carbocycles. The van der Waals surface area contributed by atoms with Crippen molar-refractivity contribution in [2.45, 2.75) is 0 Å². The molecule has 0 saturated heterocycles. The first-order valence-electron chi connectivity index (χ1n) is 24.8. The van der Waals surface area contributed by atoms with Crippen LogP contribution < -0.4 is 0 Å². The molecule has 0 aliphatic heterocycles. The predicted molar refractivity (Wildman–Crippen MR) is 302 cm³/mol. The molecule has 8 nitrogen and oxygen atoms in total. The lowest BCUT2D eigenvalue weighted by Gasteiger charge is -2.13. The van der Waals surface area contributed by atoms with Crippen molar-refractivity contribution in [1.29, 1.82) is 0 Å². The maximum Gasteiger partial charge on any atom is 0.238 e. The van der Waals surface area contributed by atoms with E-state index in [1.165, 1.54) is 26.9 Å². The highest BCUT2D eigenvalue weighted by molar-refractivity contribution is 6.27. The van der Waals surface area contributed by atoms with E-state index in [9.17, 15) is 0 Å². The summed E-state index contributed by atoms with van der Waals surface area (Å²) in [6.07, 6.45) is 0. The molecule has 15 aromatic rings. The van der Waals surface area contributed by atoms with Crippen molar-refractivity contribution in [3.05, 3.63) is 243 Å². The van der Waals surface area contributed by atoms with Gasteiger partial charge in [0, 0.05) is 55.0 Å². The number of rotatable bonds is 7. The molecule has 344 valence electrons. The SMILES string of the molecule is c1ccc(-c2nc(-c3cccc(-n4c5ccccc5c5c4ccc4c6ccccc6n(-c6nc(-c7ccccc7)nc(-c7ccccc7)n6)c45)c3)nc(-c3ccc4c5ccccc5c5ccccc5c4c3)n2)cc1. The van der Waals surface area contributed by atoms with Crippen LogP contribution in [0.3, 0.4) is 0 Å². The van der Waals surface area contributed by atoms with Gasteiger partial charge >= 0.3 is 0 Å². The molecule has 0 saturated carbocycles. The fourth-order valence-electron chi connectivity index (χ4n) is 11.1. The normalized spacial score (nSPS) is 11.8. The van der Waals surface area contributed by atoms with Gasteiger partial charge in [0.25, 0.3) is 0 Å². The van der Waals surface area contributed by atoms with E-state index in [0.29, 0.717) is 35.1 Å². The largest absolute Gasteiger partial charge is 0.309 e. The lowest BCUT2D eigenvalue weighted by Crippen LogP contribution is -2.06. The number of aromatic nitrogens is 8. The molecule has 74 heavy (non-hydrogen) atoms. The second-order valence-corrected chi connectivity index (χ2v) is 18.6. The Labute approximate surface area is 424 Å². The maximum absolute atomic E-state index is 5.31. The smallest absolute Gasteiger partial charge is 0.238 e. The summed E-state index contributed by atoms with van der Waals surface area (Å²) in [6.45, 7) is 0. The molecule has 0 fully saturated rings. The summed E-state index contributed by atoms with van der Waals surface area (Å²) in [4.78, 5) is 31.3. The average Bonchev–Trinajstić information content (AvgIpc) is 4.01. The van der Waals surface area contributed by atoms with Gasteiger partial charge in [0.2, 0.25) is 5.95 Å². The summed E-state index contributed by atoms with van der Waals surface area (Å²) >= 11 is 0. The van der Waals surface area contributed by atoms with Crippen LogP contribution in [0.15, 0.2) is 243 Å². The average molecular weight is 945 g/mol. The molecule has 0 unspecified atom stereocenters. The molecule has 15 rings (SSSR count). The van der Waals surface area contributed by atoms with E-state index < -0.39 is 0 Å². The van der Waals surface area contributed by atoms with Crippen LogP contribution in [0, 0.1) is 0 Å². The Morgan fingerprint density at radius 3 is 1.20 bits per heavy atom. The van der Waals surface area contributed by atoms with Crippen molar-refractivity contribution in [3.63, 3.8) is 0 Å². The summed E-state index contributed by atoms with van der Waals surface area (Å²) in [5, 5.41) is 11.6. The molecule has 8 heteroatoms. The standard InChI is InChI=1S/C66H40N8/c1-4-19-41(20-5-1)61-67-64(70-65(68-61)45-35-36-51-49-29-11-10-27-47(49)48-28-12-13-30-50(48)55(51)40-45)44-25-18-26-46(39-44)73-57-34-17-15-32-54(57)59-58(73)38-37-53-52-31-14-16-33-56(52)74(60(53)59)66-71-62(42-21-6-2-7-22-42)69-63(72-66)43-23-8-3-9-24-43/h1-40H. The predicted octanol–water partition coefficient (Wildman–Crippen LogP) is 16.0. The molecule has 4 aromatic heterocycles. The van der Waals surface area contributed by atoms with Crippen LogP contribution in [-0.2, 0) is 0 Å². The van der Waals surface area contributed by atoms with Gasteiger partial charge in [0.15, 0.2) is 29.1 Å². The number of benzene rings is 11. The van der Waals surface area contributed by atoms with Crippen LogP contribution in [-0.4, -0.2) is 39.0 Å². The van der Waals surface area contributed by atoms with E-state index >= 15 is 0 Å². The fourth-order valence-corrected chi connectivity index (χ4v) is 11.1. The highest BCUT2D eigenvalue weighted by Crippen LogP contribution is 2.43. The zero-order valence-corrected chi connectivity index (χ0v) is 39.7. The maximum atomic E-state index is 5.31. The van der Waals surface area contributed by atoms with Crippen molar-refractivity contribution < 1.29 is 0 Å². The van der Waals surface area contributed by atoms with Gasteiger partial charge in [0.05, 0.1) is 22.1 Å². The Kier molecular flexibility index (Phi) is 9.40. The summed E-state index contributed by atoms with van der Waals surface area (Å²) in [5.41, 5.74) is 9.63. The highest BCUT2D eigenvalue weighted by atomic mass is 15.2. The Morgan fingerprint density at radius 2 is 0.635 bits per heavy atom. The van der Waals surface area contributed by atoms with Gasteiger partial charge < -0.3 is 4.57 Å². The van der Waals surface area contributed by atoms with Gasteiger partial charge in [0.1, 0.15) is 0 Å². The van der Waals surface area contributed by atoms with Crippen LogP contribution in [0.5, 0.6) is 0 Å². The Bertz CT molecular complexity index is 4620. The Morgan fingerprint density at radius 1 is 0.230 bits per heavy atom. The topological polar surface area (TPSA) is 87.2 Å². The molecule has 0 amide bonds. The lowest BCUT2D eigenvalue weighted by atomic mass is 9.93. The van der Waals surface area contributed by atoms with Crippen LogP contribution in [0.4, 0.5) is 0 Å². The number of nitrogens with zero attached hydrogens (tertiary/aromatic N) is 8. The minimum atomic E-state index is 0.544. The van der Waals surface area contributed by atoms with E-state index in [-0.39, 0.29) is 0 Å². The van der Waals surface area contributed by atoms with Crippen molar-refractivity contribution >= 4 is 75.9 Å². The number of para-hydroxylation sites is 2. The third-order valence-corrected chi connectivity index (χ3v) is 14.4. The highest BCUT2D eigenvalue weighted by Gasteiger charge is 2.24. The lowest BCUT2D eigenvalue weighted by molar-refractivity contribution is 0.955. The van der Waals surface area contributed by atoms with Gasteiger partial charge in [-0.2, -0.15) is 9.97 Å². The first-order valence-corrected chi connectivity index (χ1v) is 24.8. The molecule has 0 spiro atoms. The van der Waals surface area contributed by atoms with E-state index in [4.69, 9.17) is 29.9 Å². The number of fused-ring (bicyclic) bond motifs is 13. The van der Waals surface area contributed by atoms with Gasteiger partial charge in [-0.25, -0.2) is 19.9 Å². The number of hydrogen-bond acceptors (Lipinski definition) is 6. The second kappa shape index (κ2) is 16.7. The third-order valence-electron chi connectivity index (χ3n) is 14.4. The van der Waals surface area contributed by atoms with Gasteiger partial charge in [-0.15, -0.1) is 0 Å².